The molecule has 0 aliphatic carbocycles. The second-order valence-electron chi connectivity index (χ2n) is 7.70. The van der Waals surface area contributed by atoms with Crippen molar-refractivity contribution in [1.82, 2.24) is 5.32 Å². The quantitative estimate of drug-likeness (QED) is 0.280. The van der Waals surface area contributed by atoms with Gasteiger partial charge >= 0.3 is 5.97 Å². The summed E-state index contributed by atoms with van der Waals surface area (Å²) >= 11 is 0. The fourth-order valence-corrected chi connectivity index (χ4v) is 3.37. The summed E-state index contributed by atoms with van der Waals surface area (Å²) in [6, 6.07) is 20.1. The molecule has 0 fully saturated rings. The summed E-state index contributed by atoms with van der Waals surface area (Å²) < 4.78 is 16.3. The molecule has 0 aliphatic rings. The van der Waals surface area contributed by atoms with Crippen molar-refractivity contribution in [3.8, 4) is 11.5 Å². The zero-order valence-electron chi connectivity index (χ0n) is 21.1. The predicted octanol–water partition coefficient (Wildman–Crippen LogP) is 5.07. The molecule has 2 amide bonds. The molecule has 0 atom stereocenters. The van der Waals surface area contributed by atoms with Gasteiger partial charge in [0.15, 0.2) is 11.5 Å². The number of esters is 1. The Kier molecular flexibility index (Phi) is 9.84. The van der Waals surface area contributed by atoms with Gasteiger partial charge < -0.3 is 24.8 Å². The number of hydrogen-bond donors (Lipinski definition) is 2. The van der Waals surface area contributed by atoms with E-state index in [1.165, 1.54) is 0 Å². The van der Waals surface area contributed by atoms with Gasteiger partial charge in [0.1, 0.15) is 5.70 Å². The third-order valence-corrected chi connectivity index (χ3v) is 5.06. The van der Waals surface area contributed by atoms with E-state index in [2.05, 4.69) is 10.6 Å². The Morgan fingerprint density at radius 3 is 2.08 bits per heavy atom. The van der Waals surface area contributed by atoms with Gasteiger partial charge in [-0.05, 0) is 80.9 Å². The van der Waals surface area contributed by atoms with Gasteiger partial charge in [0.2, 0.25) is 0 Å². The molecule has 3 rings (SSSR count). The SMILES string of the molecule is CCOC(=O)c1ccc(NC(=O)/C(=C\c2ccc(OCC)c(OCC)c2)NC(=O)c2ccccc2)cc1. The van der Waals surface area contributed by atoms with Gasteiger partial charge in [-0.3, -0.25) is 9.59 Å². The zero-order valence-corrected chi connectivity index (χ0v) is 21.1. The Hall–Kier alpha value is -4.59. The Morgan fingerprint density at radius 2 is 1.43 bits per heavy atom. The first kappa shape index (κ1) is 27.0. The lowest BCUT2D eigenvalue weighted by Crippen LogP contribution is -2.30. The predicted molar refractivity (Wildman–Crippen MR) is 142 cm³/mol. The molecule has 0 saturated carbocycles. The first-order valence-electron chi connectivity index (χ1n) is 12.0. The molecule has 3 aromatic carbocycles. The van der Waals surface area contributed by atoms with E-state index in [9.17, 15) is 14.4 Å². The zero-order chi connectivity index (χ0) is 26.6. The van der Waals surface area contributed by atoms with Crippen molar-refractivity contribution >= 4 is 29.5 Å². The molecule has 0 spiro atoms. The van der Waals surface area contributed by atoms with Gasteiger partial charge in [0, 0.05) is 11.3 Å². The average Bonchev–Trinajstić information content (AvgIpc) is 2.91. The lowest BCUT2D eigenvalue weighted by atomic mass is 10.1. The highest BCUT2D eigenvalue weighted by molar-refractivity contribution is 6.10. The normalized spacial score (nSPS) is 10.8. The van der Waals surface area contributed by atoms with E-state index >= 15 is 0 Å². The smallest absolute Gasteiger partial charge is 0.338 e. The van der Waals surface area contributed by atoms with Gasteiger partial charge in [-0.1, -0.05) is 24.3 Å². The van der Waals surface area contributed by atoms with E-state index in [0.29, 0.717) is 47.1 Å². The van der Waals surface area contributed by atoms with Crippen molar-refractivity contribution in [2.75, 3.05) is 25.1 Å². The molecule has 0 unspecified atom stereocenters. The summed E-state index contributed by atoms with van der Waals surface area (Å²) in [6.07, 6.45) is 1.56. The Balaban J connectivity index is 1.90. The van der Waals surface area contributed by atoms with Crippen molar-refractivity contribution in [2.45, 2.75) is 20.8 Å². The third-order valence-electron chi connectivity index (χ3n) is 5.06. The number of carbonyl (C=O) groups excluding carboxylic acids is 3. The molecule has 0 bridgehead atoms. The van der Waals surface area contributed by atoms with Gasteiger partial charge in [-0.2, -0.15) is 0 Å². The molecule has 0 aliphatic heterocycles. The van der Waals surface area contributed by atoms with Crippen LogP contribution in [0.1, 0.15) is 47.1 Å². The van der Waals surface area contributed by atoms with E-state index < -0.39 is 17.8 Å². The Labute approximate surface area is 216 Å². The number of anilines is 1. The standard InChI is InChI=1S/C29H30N2O6/c1-4-35-25-17-12-20(19-26(25)36-5-2)18-24(31-27(32)21-10-8-7-9-11-21)28(33)30-23-15-13-22(14-16-23)29(34)37-6-3/h7-19H,4-6H2,1-3H3,(H,30,33)(H,31,32)/b24-18+. The van der Waals surface area contributed by atoms with Crippen LogP contribution in [0.5, 0.6) is 11.5 Å². The van der Waals surface area contributed by atoms with Crippen LogP contribution in [-0.4, -0.2) is 37.6 Å². The summed E-state index contributed by atoms with van der Waals surface area (Å²) in [6.45, 7) is 6.65. The first-order valence-corrected chi connectivity index (χ1v) is 12.0. The maximum atomic E-state index is 13.2. The summed E-state index contributed by atoms with van der Waals surface area (Å²) in [4.78, 5) is 38.0. The maximum absolute atomic E-state index is 13.2. The molecule has 3 aromatic rings. The highest BCUT2D eigenvalue weighted by Gasteiger charge is 2.16. The number of rotatable bonds is 11. The van der Waals surface area contributed by atoms with Crippen LogP contribution in [0, 0.1) is 0 Å². The topological polar surface area (TPSA) is 103 Å². The van der Waals surface area contributed by atoms with Crippen LogP contribution in [0.4, 0.5) is 5.69 Å². The first-order chi connectivity index (χ1) is 17.9. The summed E-state index contributed by atoms with van der Waals surface area (Å²) in [5, 5.41) is 5.46. The van der Waals surface area contributed by atoms with Gasteiger partial charge in [-0.15, -0.1) is 0 Å². The van der Waals surface area contributed by atoms with Gasteiger partial charge in [-0.25, -0.2) is 4.79 Å². The summed E-state index contributed by atoms with van der Waals surface area (Å²) in [5.74, 6) is -0.309. The highest BCUT2D eigenvalue weighted by atomic mass is 16.5. The van der Waals surface area contributed by atoms with Crippen LogP contribution < -0.4 is 20.1 Å². The van der Waals surface area contributed by atoms with Crippen molar-refractivity contribution in [3.63, 3.8) is 0 Å². The molecule has 8 nitrogen and oxygen atoms in total. The maximum Gasteiger partial charge on any atom is 0.338 e. The van der Waals surface area contributed by atoms with Crippen LogP contribution in [0.2, 0.25) is 0 Å². The Morgan fingerprint density at radius 1 is 0.757 bits per heavy atom. The minimum Gasteiger partial charge on any atom is -0.490 e. The van der Waals surface area contributed by atoms with Crippen molar-refractivity contribution in [2.24, 2.45) is 0 Å². The van der Waals surface area contributed by atoms with Crippen LogP contribution in [0.15, 0.2) is 78.5 Å². The van der Waals surface area contributed by atoms with E-state index in [0.717, 1.165) is 0 Å². The van der Waals surface area contributed by atoms with Gasteiger partial charge in [0.05, 0.1) is 25.4 Å². The highest BCUT2D eigenvalue weighted by Crippen LogP contribution is 2.29. The number of nitrogens with one attached hydrogen (secondary N) is 2. The van der Waals surface area contributed by atoms with Crippen LogP contribution in [0.25, 0.3) is 6.08 Å². The number of amides is 2. The molecule has 37 heavy (non-hydrogen) atoms. The molecular weight excluding hydrogens is 472 g/mol. The number of hydrogen-bond acceptors (Lipinski definition) is 6. The molecule has 0 saturated heterocycles. The van der Waals surface area contributed by atoms with Crippen molar-refractivity contribution < 1.29 is 28.6 Å². The minimum absolute atomic E-state index is 0.0231. The molecule has 8 heteroatoms. The van der Waals surface area contributed by atoms with E-state index in [1.54, 1.807) is 85.8 Å². The molecule has 0 heterocycles. The summed E-state index contributed by atoms with van der Waals surface area (Å²) in [7, 11) is 0. The van der Waals surface area contributed by atoms with Crippen molar-refractivity contribution in [3.05, 3.63) is 95.2 Å². The second kappa shape index (κ2) is 13.5. The van der Waals surface area contributed by atoms with E-state index in [-0.39, 0.29) is 12.3 Å². The van der Waals surface area contributed by atoms with Crippen molar-refractivity contribution in [1.29, 1.82) is 0 Å². The van der Waals surface area contributed by atoms with E-state index in [4.69, 9.17) is 14.2 Å². The van der Waals surface area contributed by atoms with Crippen LogP contribution >= 0.6 is 0 Å². The number of benzene rings is 3. The molecule has 0 aromatic heterocycles. The third kappa shape index (κ3) is 7.70. The monoisotopic (exact) mass is 502 g/mol. The van der Waals surface area contributed by atoms with Gasteiger partial charge in [0.25, 0.3) is 11.8 Å². The number of ether oxygens (including phenoxy) is 3. The number of carbonyl (C=O) groups is 3. The summed E-state index contributed by atoms with van der Waals surface area (Å²) in [5.41, 5.74) is 1.87. The second-order valence-corrected chi connectivity index (χ2v) is 7.70. The largest absolute Gasteiger partial charge is 0.490 e. The Bertz CT molecular complexity index is 1250. The van der Waals surface area contributed by atoms with Crippen LogP contribution in [-0.2, 0) is 9.53 Å². The average molecular weight is 503 g/mol. The van der Waals surface area contributed by atoms with E-state index in [1.807, 2.05) is 13.8 Å². The lowest BCUT2D eigenvalue weighted by molar-refractivity contribution is -0.113. The molecule has 192 valence electrons. The molecule has 0 radical (unpaired) electrons. The molecular formula is C29H30N2O6. The fourth-order valence-electron chi connectivity index (χ4n) is 3.37. The fraction of sp³-hybridized carbons (Fsp3) is 0.207. The van der Waals surface area contributed by atoms with Crippen LogP contribution in [0.3, 0.4) is 0 Å². The minimum atomic E-state index is -0.542. The molecule has 2 N–H and O–H groups in total. The lowest BCUT2D eigenvalue weighted by Gasteiger charge is -2.14.